The Balaban J connectivity index is 2.31. The Bertz CT molecular complexity index is 576. The van der Waals surface area contributed by atoms with E-state index in [4.69, 9.17) is 0 Å². The van der Waals surface area contributed by atoms with Crippen molar-refractivity contribution >= 4 is 10.0 Å². The Hall–Kier alpha value is -0.910. The van der Waals surface area contributed by atoms with Gasteiger partial charge in [-0.15, -0.1) is 0 Å². The van der Waals surface area contributed by atoms with Crippen LogP contribution in [0.2, 0.25) is 0 Å². The van der Waals surface area contributed by atoms with E-state index in [9.17, 15) is 8.42 Å². The summed E-state index contributed by atoms with van der Waals surface area (Å²) in [5.74, 6) is 0. The average Bonchev–Trinajstić information content (AvgIpc) is 3.30. The Morgan fingerprint density at radius 2 is 1.86 bits per heavy atom. The van der Waals surface area contributed by atoms with Crippen LogP contribution in [0.1, 0.15) is 44.7 Å². The van der Waals surface area contributed by atoms with E-state index in [-0.39, 0.29) is 0 Å². The fourth-order valence-electron chi connectivity index (χ4n) is 2.49. The third kappa shape index (κ3) is 3.84. The van der Waals surface area contributed by atoms with E-state index >= 15 is 0 Å². The molecule has 0 spiro atoms. The van der Waals surface area contributed by atoms with E-state index in [0.29, 0.717) is 24.0 Å². The predicted molar refractivity (Wildman–Crippen MR) is 85.8 cm³/mol. The summed E-state index contributed by atoms with van der Waals surface area (Å²) in [7, 11) is -3.38. The van der Waals surface area contributed by atoms with Gasteiger partial charge >= 0.3 is 0 Å². The second-order valence-corrected chi connectivity index (χ2v) is 7.45. The normalized spacial score (nSPS) is 15.6. The number of hydrogen-bond acceptors (Lipinski definition) is 3. The molecule has 1 aliphatic carbocycles. The summed E-state index contributed by atoms with van der Waals surface area (Å²) in [6, 6.07) is 6.47. The Kier molecular flexibility index (Phi) is 5.41. The van der Waals surface area contributed by atoms with Crippen molar-refractivity contribution in [3.8, 4) is 0 Å². The SMILES string of the molecule is CCc1ccc(CNC2CC2)cc1S(=O)(=O)N(CC)CC. The first-order chi connectivity index (χ1) is 10.0. The Morgan fingerprint density at radius 1 is 1.19 bits per heavy atom. The van der Waals surface area contributed by atoms with Crippen LogP contribution in [0.25, 0.3) is 0 Å². The molecule has 0 heterocycles. The largest absolute Gasteiger partial charge is 0.310 e. The number of sulfonamides is 1. The Morgan fingerprint density at radius 3 is 2.38 bits per heavy atom. The van der Waals surface area contributed by atoms with Gasteiger partial charge in [-0.05, 0) is 36.5 Å². The Labute approximate surface area is 128 Å². The van der Waals surface area contributed by atoms with Crippen LogP contribution in [-0.2, 0) is 23.0 Å². The van der Waals surface area contributed by atoms with Crippen LogP contribution in [0.15, 0.2) is 23.1 Å². The maximum Gasteiger partial charge on any atom is 0.243 e. The molecule has 0 aliphatic heterocycles. The van der Waals surface area contributed by atoms with Gasteiger partial charge in [-0.1, -0.05) is 32.9 Å². The van der Waals surface area contributed by atoms with E-state index in [2.05, 4.69) is 5.32 Å². The highest BCUT2D eigenvalue weighted by atomic mass is 32.2. The van der Waals surface area contributed by atoms with Gasteiger partial charge in [0.2, 0.25) is 10.0 Å². The zero-order valence-electron chi connectivity index (χ0n) is 13.2. The number of nitrogens with zero attached hydrogens (tertiary/aromatic N) is 1. The van der Waals surface area contributed by atoms with Gasteiger partial charge < -0.3 is 5.32 Å². The lowest BCUT2D eigenvalue weighted by atomic mass is 10.1. The zero-order chi connectivity index (χ0) is 15.5. The molecule has 0 bridgehead atoms. The molecule has 5 heteroatoms. The monoisotopic (exact) mass is 310 g/mol. The molecule has 1 saturated carbocycles. The molecule has 4 nitrogen and oxygen atoms in total. The molecule has 0 radical (unpaired) electrons. The molecule has 1 N–H and O–H groups in total. The molecule has 0 unspecified atom stereocenters. The highest BCUT2D eigenvalue weighted by Gasteiger charge is 2.25. The molecule has 1 aromatic carbocycles. The van der Waals surface area contributed by atoms with Gasteiger partial charge in [0.05, 0.1) is 4.90 Å². The minimum atomic E-state index is -3.38. The lowest BCUT2D eigenvalue weighted by Gasteiger charge is -2.21. The summed E-state index contributed by atoms with van der Waals surface area (Å²) in [5.41, 5.74) is 1.95. The first-order valence-electron chi connectivity index (χ1n) is 7.88. The van der Waals surface area contributed by atoms with Crippen molar-refractivity contribution in [2.75, 3.05) is 13.1 Å². The number of aryl methyl sites for hydroxylation is 1. The number of hydrogen-bond donors (Lipinski definition) is 1. The summed E-state index contributed by atoms with van der Waals surface area (Å²) >= 11 is 0. The molecular formula is C16H26N2O2S. The summed E-state index contributed by atoms with van der Waals surface area (Å²) in [6.45, 7) is 7.52. The minimum Gasteiger partial charge on any atom is -0.310 e. The van der Waals surface area contributed by atoms with E-state index in [1.165, 1.54) is 17.1 Å². The van der Waals surface area contributed by atoms with Crippen LogP contribution in [-0.4, -0.2) is 31.9 Å². The maximum absolute atomic E-state index is 12.8. The summed E-state index contributed by atoms with van der Waals surface area (Å²) in [6.07, 6.45) is 3.20. The molecule has 1 fully saturated rings. The highest BCUT2D eigenvalue weighted by Crippen LogP contribution is 2.24. The van der Waals surface area contributed by atoms with Crippen molar-refractivity contribution in [2.45, 2.75) is 57.5 Å². The smallest absolute Gasteiger partial charge is 0.243 e. The van der Waals surface area contributed by atoms with Gasteiger partial charge in [-0.3, -0.25) is 0 Å². The summed E-state index contributed by atoms with van der Waals surface area (Å²) in [4.78, 5) is 0.476. The van der Waals surface area contributed by atoms with Crippen LogP contribution < -0.4 is 5.32 Å². The van der Waals surface area contributed by atoms with Gasteiger partial charge in [-0.25, -0.2) is 8.42 Å². The van der Waals surface area contributed by atoms with Gasteiger partial charge in [-0.2, -0.15) is 4.31 Å². The second-order valence-electron chi connectivity index (χ2n) is 5.54. The quantitative estimate of drug-likeness (QED) is 0.803. The standard InChI is InChI=1S/C16H26N2O2S/c1-4-14-8-7-13(12-17-15-9-10-15)11-16(14)21(19,20)18(5-2)6-3/h7-8,11,15,17H,4-6,9-10,12H2,1-3H3. The maximum atomic E-state index is 12.8. The van der Waals surface area contributed by atoms with E-state index < -0.39 is 10.0 Å². The van der Waals surface area contributed by atoms with Gasteiger partial charge in [0.25, 0.3) is 0 Å². The third-order valence-electron chi connectivity index (χ3n) is 4.01. The molecule has 1 aromatic rings. The van der Waals surface area contributed by atoms with Gasteiger partial charge in [0.1, 0.15) is 0 Å². The predicted octanol–water partition coefficient (Wildman–Crippen LogP) is 2.53. The lowest BCUT2D eigenvalue weighted by molar-refractivity contribution is 0.444. The summed E-state index contributed by atoms with van der Waals surface area (Å²) in [5, 5.41) is 3.44. The zero-order valence-corrected chi connectivity index (χ0v) is 14.0. The molecule has 1 aliphatic rings. The van der Waals surface area contributed by atoms with Crippen molar-refractivity contribution in [1.29, 1.82) is 0 Å². The van der Waals surface area contributed by atoms with Crippen LogP contribution in [0.4, 0.5) is 0 Å². The van der Waals surface area contributed by atoms with Crippen LogP contribution in [0.3, 0.4) is 0 Å². The molecule has 0 aromatic heterocycles. The van der Waals surface area contributed by atoms with E-state index in [1.54, 1.807) is 0 Å². The molecule has 0 atom stereocenters. The van der Waals surface area contributed by atoms with Gasteiger partial charge in [0, 0.05) is 25.7 Å². The van der Waals surface area contributed by atoms with Crippen molar-refractivity contribution in [3.63, 3.8) is 0 Å². The van der Waals surface area contributed by atoms with Crippen molar-refractivity contribution in [1.82, 2.24) is 9.62 Å². The number of benzene rings is 1. The van der Waals surface area contributed by atoms with Crippen molar-refractivity contribution in [2.24, 2.45) is 0 Å². The van der Waals surface area contributed by atoms with E-state index in [1.807, 2.05) is 39.0 Å². The molecule has 0 amide bonds. The molecular weight excluding hydrogens is 284 g/mol. The number of nitrogens with one attached hydrogen (secondary N) is 1. The molecule has 0 saturated heterocycles. The van der Waals surface area contributed by atoms with Gasteiger partial charge in [0.15, 0.2) is 0 Å². The van der Waals surface area contributed by atoms with Crippen molar-refractivity contribution in [3.05, 3.63) is 29.3 Å². The van der Waals surface area contributed by atoms with Crippen LogP contribution in [0.5, 0.6) is 0 Å². The fraction of sp³-hybridized carbons (Fsp3) is 0.625. The molecule has 2 rings (SSSR count). The summed E-state index contributed by atoms with van der Waals surface area (Å²) < 4.78 is 27.1. The fourth-order valence-corrected chi connectivity index (χ4v) is 4.30. The van der Waals surface area contributed by atoms with Crippen LogP contribution in [0, 0.1) is 0 Å². The van der Waals surface area contributed by atoms with Crippen LogP contribution >= 0.6 is 0 Å². The topological polar surface area (TPSA) is 49.4 Å². The molecule has 21 heavy (non-hydrogen) atoms. The van der Waals surface area contributed by atoms with E-state index in [0.717, 1.165) is 24.1 Å². The first-order valence-corrected chi connectivity index (χ1v) is 9.32. The average molecular weight is 310 g/mol. The number of rotatable bonds is 8. The first kappa shape index (κ1) is 16.5. The third-order valence-corrected chi connectivity index (χ3v) is 6.14. The second kappa shape index (κ2) is 6.90. The minimum absolute atomic E-state index is 0.476. The van der Waals surface area contributed by atoms with Crippen molar-refractivity contribution < 1.29 is 8.42 Å². The highest BCUT2D eigenvalue weighted by molar-refractivity contribution is 7.89. The lowest BCUT2D eigenvalue weighted by Crippen LogP contribution is -2.31. The molecule has 118 valence electrons.